The highest BCUT2D eigenvalue weighted by atomic mass is 16.5. The molecule has 0 aromatic heterocycles. The van der Waals surface area contributed by atoms with Gasteiger partial charge in [-0.05, 0) is 61.9 Å². The average Bonchev–Trinajstić information content (AvgIpc) is 2.75. The standard InChI is InChI=1S/C24H32O4/c1-15-8-6-5-7-10-23(14-25,28-4)22(3)18(15)13-20(26)24-11-9-17(12-19(22)24)16(2)21(24)27/h14-15,17-20,26H,2,5,7,9-13H2,1,3-4H3. The third-order valence-electron chi connectivity index (χ3n) is 9.07. The summed E-state index contributed by atoms with van der Waals surface area (Å²) in [6, 6.07) is 0. The number of aliphatic hydroxyl groups excluding tert-OH is 1. The van der Waals surface area contributed by atoms with E-state index in [0.717, 1.165) is 32.0 Å². The lowest BCUT2D eigenvalue weighted by Gasteiger charge is -2.68. The summed E-state index contributed by atoms with van der Waals surface area (Å²) in [6.07, 6.45) is 5.27. The van der Waals surface area contributed by atoms with Gasteiger partial charge in [0, 0.05) is 24.9 Å². The first-order valence-electron chi connectivity index (χ1n) is 10.7. The van der Waals surface area contributed by atoms with Crippen LogP contribution in [0.4, 0.5) is 0 Å². The SMILES string of the molecule is C=C1C(=O)C23CCC1CC2C1(C)C(CC3O)C(C)C#CCCCC1(C=O)OC. The van der Waals surface area contributed by atoms with Crippen LogP contribution in [-0.2, 0) is 14.3 Å². The highest BCUT2D eigenvalue weighted by Crippen LogP contribution is 2.70. The maximum Gasteiger partial charge on any atom is 0.167 e. The zero-order valence-corrected chi connectivity index (χ0v) is 17.3. The summed E-state index contributed by atoms with van der Waals surface area (Å²) < 4.78 is 6.05. The minimum absolute atomic E-state index is 0.00529. The van der Waals surface area contributed by atoms with E-state index in [1.54, 1.807) is 7.11 Å². The predicted octanol–water partition coefficient (Wildman–Crippen LogP) is 3.32. The van der Waals surface area contributed by atoms with Crippen LogP contribution in [0.25, 0.3) is 0 Å². The maximum absolute atomic E-state index is 13.4. The number of rotatable bonds is 2. The molecule has 4 heteroatoms. The third kappa shape index (κ3) is 2.21. The molecular formula is C24H32O4. The predicted molar refractivity (Wildman–Crippen MR) is 106 cm³/mol. The molecule has 0 saturated heterocycles. The molecule has 0 heterocycles. The van der Waals surface area contributed by atoms with Crippen molar-refractivity contribution in [1.29, 1.82) is 0 Å². The molecule has 5 aliphatic rings. The van der Waals surface area contributed by atoms with E-state index in [1.807, 2.05) is 0 Å². The molecular weight excluding hydrogens is 352 g/mol. The number of Topliss-reactive ketones (excluding diaryl/α,β-unsaturated/α-hetero) is 1. The Balaban J connectivity index is 1.95. The maximum atomic E-state index is 13.4. The molecule has 4 fully saturated rings. The van der Waals surface area contributed by atoms with Crippen molar-refractivity contribution in [1.82, 2.24) is 0 Å². The van der Waals surface area contributed by atoms with Crippen molar-refractivity contribution in [2.75, 3.05) is 7.11 Å². The molecule has 1 N–H and O–H groups in total. The van der Waals surface area contributed by atoms with Gasteiger partial charge < -0.3 is 14.6 Å². The van der Waals surface area contributed by atoms with E-state index in [-0.39, 0.29) is 29.5 Å². The summed E-state index contributed by atoms with van der Waals surface area (Å²) in [7, 11) is 1.62. The van der Waals surface area contributed by atoms with E-state index >= 15 is 0 Å². The topological polar surface area (TPSA) is 63.6 Å². The summed E-state index contributed by atoms with van der Waals surface area (Å²) in [5.41, 5.74) is -1.69. The molecule has 1 spiro atoms. The average molecular weight is 385 g/mol. The fraction of sp³-hybridized carbons (Fsp3) is 0.750. The number of carbonyl (C=O) groups excluding carboxylic acids is 2. The van der Waals surface area contributed by atoms with Crippen LogP contribution in [0.5, 0.6) is 0 Å². The molecule has 4 nitrogen and oxygen atoms in total. The lowest BCUT2D eigenvalue weighted by atomic mass is 9.36. The molecule has 0 amide bonds. The fourth-order valence-electron chi connectivity index (χ4n) is 7.49. The van der Waals surface area contributed by atoms with E-state index in [9.17, 15) is 14.7 Å². The Kier molecular flexibility index (Phi) is 4.64. The molecule has 2 bridgehead atoms. The summed E-state index contributed by atoms with van der Waals surface area (Å²) in [6.45, 7) is 8.32. The first kappa shape index (κ1) is 19.9. The number of ketones is 1. The van der Waals surface area contributed by atoms with Crippen LogP contribution in [0, 0.1) is 46.3 Å². The number of aliphatic hydroxyl groups is 1. The van der Waals surface area contributed by atoms with Gasteiger partial charge in [0.1, 0.15) is 5.60 Å². The lowest BCUT2D eigenvalue weighted by Crippen LogP contribution is -2.72. The van der Waals surface area contributed by atoms with E-state index < -0.39 is 22.5 Å². The van der Waals surface area contributed by atoms with Gasteiger partial charge in [-0.15, -0.1) is 5.92 Å². The van der Waals surface area contributed by atoms with Crippen LogP contribution < -0.4 is 0 Å². The number of fused-ring (bicyclic) bond motifs is 3. The first-order chi connectivity index (χ1) is 13.3. The van der Waals surface area contributed by atoms with Crippen LogP contribution in [0.3, 0.4) is 0 Å². The number of carbonyl (C=O) groups is 2. The number of hydrogen-bond donors (Lipinski definition) is 1. The Bertz CT molecular complexity index is 775. The lowest BCUT2D eigenvalue weighted by molar-refractivity contribution is -0.242. The van der Waals surface area contributed by atoms with Gasteiger partial charge in [-0.3, -0.25) is 4.79 Å². The minimum atomic E-state index is -0.976. The largest absolute Gasteiger partial charge is 0.392 e. The summed E-state index contributed by atoms with van der Waals surface area (Å²) in [4.78, 5) is 26.1. The second-order valence-corrected chi connectivity index (χ2v) is 9.73. The van der Waals surface area contributed by atoms with E-state index in [1.165, 1.54) is 0 Å². The molecule has 152 valence electrons. The van der Waals surface area contributed by atoms with Crippen LogP contribution in [0.2, 0.25) is 0 Å². The monoisotopic (exact) mass is 384 g/mol. The van der Waals surface area contributed by atoms with Crippen molar-refractivity contribution in [3.8, 4) is 11.8 Å². The summed E-state index contributed by atoms with van der Waals surface area (Å²) >= 11 is 0. The molecule has 0 aromatic carbocycles. The number of aldehydes is 1. The summed E-state index contributed by atoms with van der Waals surface area (Å²) in [5.74, 6) is 6.75. The van der Waals surface area contributed by atoms with Gasteiger partial charge in [-0.1, -0.05) is 26.3 Å². The first-order valence-corrected chi connectivity index (χ1v) is 10.7. The Morgan fingerprint density at radius 2 is 2.07 bits per heavy atom. The smallest absolute Gasteiger partial charge is 0.167 e. The van der Waals surface area contributed by atoms with Crippen LogP contribution in [0.1, 0.15) is 58.8 Å². The summed E-state index contributed by atoms with van der Waals surface area (Å²) in [5, 5.41) is 11.3. The van der Waals surface area contributed by atoms with Gasteiger partial charge >= 0.3 is 0 Å². The molecule has 8 atom stereocenters. The Labute approximate surface area is 168 Å². The van der Waals surface area contributed by atoms with Crippen LogP contribution in [-0.4, -0.2) is 36.0 Å². The Morgan fingerprint density at radius 1 is 1.32 bits per heavy atom. The van der Waals surface area contributed by atoms with Crippen molar-refractivity contribution < 1.29 is 19.4 Å². The van der Waals surface area contributed by atoms with E-state index in [2.05, 4.69) is 32.3 Å². The second kappa shape index (κ2) is 6.54. The van der Waals surface area contributed by atoms with Gasteiger partial charge in [0.05, 0.1) is 11.5 Å². The zero-order chi connectivity index (χ0) is 20.3. The van der Waals surface area contributed by atoms with Crippen molar-refractivity contribution >= 4 is 12.1 Å². The zero-order valence-electron chi connectivity index (χ0n) is 17.3. The van der Waals surface area contributed by atoms with Crippen molar-refractivity contribution in [2.24, 2.45) is 34.5 Å². The van der Waals surface area contributed by atoms with Crippen molar-refractivity contribution in [2.45, 2.75) is 70.5 Å². The quantitative estimate of drug-likeness (QED) is 0.451. The van der Waals surface area contributed by atoms with Crippen LogP contribution in [0.15, 0.2) is 12.2 Å². The number of hydrogen-bond acceptors (Lipinski definition) is 4. The molecule has 0 aliphatic heterocycles. The highest BCUT2D eigenvalue weighted by Gasteiger charge is 2.72. The van der Waals surface area contributed by atoms with Crippen molar-refractivity contribution in [3.05, 3.63) is 12.2 Å². The Morgan fingerprint density at radius 3 is 2.75 bits per heavy atom. The van der Waals surface area contributed by atoms with Gasteiger partial charge in [0.15, 0.2) is 12.1 Å². The molecule has 5 rings (SSSR count). The van der Waals surface area contributed by atoms with Crippen molar-refractivity contribution in [3.63, 3.8) is 0 Å². The molecule has 28 heavy (non-hydrogen) atoms. The minimum Gasteiger partial charge on any atom is -0.392 e. The molecule has 0 radical (unpaired) electrons. The highest BCUT2D eigenvalue weighted by molar-refractivity contribution is 6.02. The second-order valence-electron chi connectivity index (χ2n) is 9.73. The van der Waals surface area contributed by atoms with Gasteiger partial charge in [-0.2, -0.15) is 0 Å². The van der Waals surface area contributed by atoms with E-state index in [4.69, 9.17) is 4.74 Å². The number of methoxy groups -OCH3 is 1. The van der Waals surface area contributed by atoms with Gasteiger partial charge in [0.2, 0.25) is 0 Å². The Hall–Kier alpha value is -1.44. The number of allylic oxidation sites excluding steroid dienone is 1. The third-order valence-corrected chi connectivity index (χ3v) is 9.07. The molecule has 0 aromatic rings. The van der Waals surface area contributed by atoms with Crippen LogP contribution >= 0.6 is 0 Å². The normalized spacial score (nSPS) is 50.4. The number of ether oxygens (including phenoxy) is 1. The van der Waals surface area contributed by atoms with Gasteiger partial charge in [0.25, 0.3) is 0 Å². The van der Waals surface area contributed by atoms with E-state index in [0.29, 0.717) is 24.8 Å². The molecule has 5 aliphatic carbocycles. The van der Waals surface area contributed by atoms with Gasteiger partial charge in [-0.25, -0.2) is 0 Å². The molecule has 8 unspecified atom stereocenters. The fourth-order valence-corrected chi connectivity index (χ4v) is 7.49. The molecule has 4 saturated carbocycles.